The largest absolute Gasteiger partial charge is 0.480 e. The first-order chi connectivity index (χ1) is 15.3. The fourth-order valence-electron chi connectivity index (χ4n) is 2.69. The minimum Gasteiger partial charge on any atom is -0.480 e. The summed E-state index contributed by atoms with van der Waals surface area (Å²) in [6.45, 7) is 2.71. The van der Waals surface area contributed by atoms with Crippen molar-refractivity contribution in [2.75, 3.05) is 6.61 Å². The van der Waals surface area contributed by atoms with Crippen LogP contribution in [0.2, 0.25) is 0 Å². The average molecular weight is 475 g/mol. The van der Waals surface area contributed by atoms with E-state index in [1.807, 2.05) is 0 Å². The van der Waals surface area contributed by atoms with Gasteiger partial charge < -0.3 is 43.4 Å². The molecule has 0 aromatic rings. The summed E-state index contributed by atoms with van der Waals surface area (Å²) in [5.41, 5.74) is 15.6. The van der Waals surface area contributed by atoms with Gasteiger partial charge in [-0.05, 0) is 25.2 Å². The third kappa shape index (κ3) is 12.4. The van der Waals surface area contributed by atoms with Gasteiger partial charge >= 0.3 is 5.97 Å². The molecule has 0 heterocycles. The molecule has 0 aromatic heterocycles. The molecule has 0 aromatic carbocycles. The highest BCUT2D eigenvalue weighted by Crippen LogP contribution is 2.07. The van der Waals surface area contributed by atoms with Crippen molar-refractivity contribution in [3.05, 3.63) is 0 Å². The molecule has 14 nitrogen and oxygen atoms in total. The summed E-state index contributed by atoms with van der Waals surface area (Å²) >= 11 is 0. The molecule has 0 saturated carbocycles. The Hall–Kier alpha value is -3.26. The molecule has 0 bridgehead atoms. The maximum atomic E-state index is 12.6. The zero-order valence-corrected chi connectivity index (χ0v) is 18.7. The van der Waals surface area contributed by atoms with E-state index in [9.17, 15) is 39.0 Å². The number of carbonyl (C=O) groups is 6. The zero-order valence-electron chi connectivity index (χ0n) is 18.7. The summed E-state index contributed by atoms with van der Waals surface area (Å²) in [7, 11) is 0. The maximum Gasteiger partial charge on any atom is 0.326 e. The van der Waals surface area contributed by atoms with Gasteiger partial charge in [-0.25, -0.2) is 4.79 Å². The van der Waals surface area contributed by atoms with Crippen LogP contribution < -0.4 is 33.2 Å². The minimum absolute atomic E-state index is 0.0683. The number of amides is 5. The number of aliphatic hydroxyl groups excluding tert-OH is 1. The maximum absolute atomic E-state index is 12.6. The molecule has 5 amide bonds. The number of hydrogen-bond donors (Lipinski definition) is 8. The lowest BCUT2D eigenvalue weighted by atomic mass is 10.0. The number of nitrogens with two attached hydrogens (primary N) is 3. The van der Waals surface area contributed by atoms with Crippen molar-refractivity contribution in [3.8, 4) is 0 Å². The lowest BCUT2D eigenvalue weighted by molar-refractivity contribution is -0.142. The van der Waals surface area contributed by atoms with Crippen molar-refractivity contribution in [1.29, 1.82) is 0 Å². The van der Waals surface area contributed by atoms with E-state index >= 15 is 0 Å². The Labute approximate surface area is 191 Å². The number of aliphatic hydroxyl groups is 1. The van der Waals surface area contributed by atoms with E-state index in [2.05, 4.69) is 16.0 Å². The van der Waals surface area contributed by atoms with Gasteiger partial charge in [0.05, 0.1) is 12.6 Å². The summed E-state index contributed by atoms with van der Waals surface area (Å²) in [5, 5.41) is 25.6. The number of carboxylic acids is 1. The van der Waals surface area contributed by atoms with Gasteiger partial charge in [0.25, 0.3) is 0 Å². The van der Waals surface area contributed by atoms with Crippen molar-refractivity contribution >= 4 is 35.5 Å². The molecule has 0 aliphatic carbocycles. The Morgan fingerprint density at radius 1 is 0.758 bits per heavy atom. The molecule has 188 valence electrons. The van der Waals surface area contributed by atoms with Gasteiger partial charge in [-0.1, -0.05) is 13.8 Å². The van der Waals surface area contributed by atoms with Crippen LogP contribution in [0.4, 0.5) is 0 Å². The molecule has 0 fully saturated rings. The third-order valence-electron chi connectivity index (χ3n) is 4.49. The van der Waals surface area contributed by atoms with Crippen molar-refractivity contribution in [3.63, 3.8) is 0 Å². The van der Waals surface area contributed by atoms with Crippen LogP contribution in [0, 0.1) is 5.92 Å². The molecule has 0 aliphatic heterocycles. The standard InChI is InChI=1S/C19H34N6O8/c1-9(2)7-12(17(30)23-11(19(32)33)4-6-15(22)28)24-18(31)13(8-26)25-16(29)10(20)3-5-14(21)27/h9-13,26H,3-8,20H2,1-2H3,(H2,21,27)(H2,22,28)(H,23,30)(H,24,31)(H,25,29)(H,32,33). The Morgan fingerprint density at radius 3 is 1.67 bits per heavy atom. The number of aliphatic carboxylic acids is 1. The molecule has 14 heteroatoms. The van der Waals surface area contributed by atoms with E-state index in [0.717, 1.165) is 0 Å². The molecular weight excluding hydrogens is 440 g/mol. The predicted octanol–water partition coefficient (Wildman–Crippen LogP) is -3.58. The zero-order chi connectivity index (χ0) is 25.7. The van der Waals surface area contributed by atoms with Crippen LogP contribution in [0.3, 0.4) is 0 Å². The highest BCUT2D eigenvalue weighted by atomic mass is 16.4. The Kier molecular flexibility index (Phi) is 13.3. The monoisotopic (exact) mass is 474 g/mol. The Balaban J connectivity index is 5.24. The fraction of sp³-hybridized carbons (Fsp3) is 0.684. The van der Waals surface area contributed by atoms with Crippen molar-refractivity contribution in [2.24, 2.45) is 23.1 Å². The summed E-state index contributed by atoms with van der Waals surface area (Å²) in [5.74, 6) is -5.42. The lowest BCUT2D eigenvalue weighted by Gasteiger charge is -2.25. The van der Waals surface area contributed by atoms with Gasteiger partial charge in [0.2, 0.25) is 29.5 Å². The number of rotatable bonds is 16. The molecule has 4 atom stereocenters. The van der Waals surface area contributed by atoms with Crippen LogP contribution in [0.5, 0.6) is 0 Å². The molecule has 0 saturated heterocycles. The molecule has 0 spiro atoms. The van der Waals surface area contributed by atoms with E-state index in [1.54, 1.807) is 13.8 Å². The molecular formula is C19H34N6O8. The molecule has 0 radical (unpaired) electrons. The second kappa shape index (κ2) is 14.7. The van der Waals surface area contributed by atoms with E-state index in [1.165, 1.54) is 0 Å². The fourth-order valence-corrected chi connectivity index (χ4v) is 2.69. The lowest BCUT2D eigenvalue weighted by Crippen LogP contribution is -2.58. The van der Waals surface area contributed by atoms with Crippen molar-refractivity contribution in [2.45, 2.75) is 70.1 Å². The highest BCUT2D eigenvalue weighted by Gasteiger charge is 2.30. The molecule has 33 heavy (non-hydrogen) atoms. The Morgan fingerprint density at radius 2 is 1.21 bits per heavy atom. The van der Waals surface area contributed by atoms with E-state index in [-0.39, 0.29) is 38.0 Å². The van der Waals surface area contributed by atoms with E-state index < -0.39 is 66.3 Å². The number of primary amides is 2. The van der Waals surface area contributed by atoms with Gasteiger partial charge in [0.1, 0.15) is 18.1 Å². The molecule has 0 aliphatic rings. The van der Waals surface area contributed by atoms with Crippen molar-refractivity contribution < 1.29 is 39.0 Å². The summed E-state index contributed by atoms with van der Waals surface area (Å²) in [6, 6.07) is -5.21. The summed E-state index contributed by atoms with van der Waals surface area (Å²) in [6.07, 6.45) is -0.614. The van der Waals surface area contributed by atoms with Gasteiger partial charge in [-0.15, -0.1) is 0 Å². The number of hydrogen-bond acceptors (Lipinski definition) is 8. The highest BCUT2D eigenvalue weighted by molar-refractivity contribution is 5.94. The normalized spacial score (nSPS) is 14.5. The summed E-state index contributed by atoms with van der Waals surface area (Å²) < 4.78 is 0. The SMILES string of the molecule is CC(C)CC(NC(=O)C(CO)NC(=O)C(N)CCC(N)=O)C(=O)NC(CCC(N)=O)C(=O)O. The van der Waals surface area contributed by atoms with Crippen LogP contribution >= 0.6 is 0 Å². The van der Waals surface area contributed by atoms with Crippen LogP contribution in [0.15, 0.2) is 0 Å². The molecule has 11 N–H and O–H groups in total. The third-order valence-corrected chi connectivity index (χ3v) is 4.49. The predicted molar refractivity (Wildman–Crippen MR) is 115 cm³/mol. The first kappa shape index (κ1) is 29.7. The second-order valence-electron chi connectivity index (χ2n) is 7.95. The first-order valence-electron chi connectivity index (χ1n) is 10.3. The number of carboxylic acid groups (broad SMARTS) is 1. The van der Waals surface area contributed by atoms with Gasteiger partial charge in [-0.3, -0.25) is 24.0 Å². The van der Waals surface area contributed by atoms with E-state index in [4.69, 9.17) is 17.2 Å². The smallest absolute Gasteiger partial charge is 0.326 e. The van der Waals surface area contributed by atoms with Gasteiger partial charge in [0, 0.05) is 12.8 Å². The Bertz CT molecular complexity index is 729. The van der Waals surface area contributed by atoms with Crippen LogP contribution in [0.1, 0.15) is 46.0 Å². The van der Waals surface area contributed by atoms with Gasteiger partial charge in [-0.2, -0.15) is 0 Å². The minimum atomic E-state index is -1.45. The molecule has 0 rings (SSSR count). The summed E-state index contributed by atoms with van der Waals surface area (Å²) in [4.78, 5) is 70.4. The van der Waals surface area contributed by atoms with Crippen LogP contribution in [-0.4, -0.2) is 76.5 Å². The quantitative estimate of drug-likeness (QED) is 0.110. The van der Waals surface area contributed by atoms with Crippen molar-refractivity contribution in [1.82, 2.24) is 16.0 Å². The second-order valence-corrected chi connectivity index (χ2v) is 7.95. The number of nitrogens with one attached hydrogen (secondary N) is 3. The molecule has 4 unspecified atom stereocenters. The number of carbonyl (C=O) groups excluding carboxylic acids is 5. The van der Waals surface area contributed by atoms with E-state index in [0.29, 0.717) is 0 Å². The topological polar surface area (TPSA) is 257 Å². The van der Waals surface area contributed by atoms with Gasteiger partial charge in [0.15, 0.2) is 0 Å². The van der Waals surface area contributed by atoms with Crippen LogP contribution in [0.25, 0.3) is 0 Å². The average Bonchev–Trinajstić information content (AvgIpc) is 2.71. The first-order valence-corrected chi connectivity index (χ1v) is 10.3. The van der Waals surface area contributed by atoms with Crippen LogP contribution in [-0.2, 0) is 28.8 Å².